The van der Waals surface area contributed by atoms with E-state index in [1.807, 2.05) is 12.1 Å². The molecule has 3 rings (SSSR count). The molecule has 20 heavy (non-hydrogen) atoms. The van der Waals surface area contributed by atoms with Gasteiger partial charge in [-0.15, -0.1) is 0 Å². The monoisotopic (exact) mass is 282 g/mol. The van der Waals surface area contributed by atoms with Gasteiger partial charge in [0.2, 0.25) is 5.95 Å². The fourth-order valence-corrected chi connectivity index (χ4v) is 2.31. The summed E-state index contributed by atoms with van der Waals surface area (Å²) in [5, 5.41) is 3.04. The molecule has 1 atom stereocenters. The van der Waals surface area contributed by atoms with Gasteiger partial charge >= 0.3 is 6.18 Å². The maximum Gasteiger partial charge on any atom is 0.434 e. The van der Waals surface area contributed by atoms with Crippen molar-refractivity contribution >= 4 is 11.6 Å². The molecule has 1 aromatic heterocycles. The highest BCUT2D eigenvalue weighted by Crippen LogP contribution is 2.33. The first-order valence-electron chi connectivity index (χ1n) is 6.20. The molecule has 1 unspecified atom stereocenters. The molecule has 1 aliphatic rings. The predicted octanol–water partition coefficient (Wildman–Crippen LogP) is 3.04. The van der Waals surface area contributed by atoms with Crippen molar-refractivity contribution in [2.45, 2.75) is 25.2 Å². The van der Waals surface area contributed by atoms with Gasteiger partial charge in [0.15, 0.2) is 5.69 Å². The van der Waals surface area contributed by atoms with E-state index >= 15 is 0 Å². The number of aromatic nitrogens is 2. The van der Waals surface area contributed by atoms with Gasteiger partial charge in [-0.1, -0.05) is 12.1 Å². The van der Waals surface area contributed by atoms with Crippen molar-refractivity contribution in [1.29, 1.82) is 0 Å². The van der Waals surface area contributed by atoms with E-state index in [1.54, 1.807) is 12.1 Å². The fourth-order valence-electron chi connectivity index (χ4n) is 2.31. The van der Waals surface area contributed by atoms with Crippen molar-refractivity contribution in [2.24, 2.45) is 0 Å². The van der Waals surface area contributed by atoms with Crippen LogP contribution in [0.1, 0.15) is 23.7 Å². The zero-order valence-corrected chi connectivity index (χ0v) is 10.5. The number of anilines is 2. The number of nitrogen functional groups attached to an aromatic ring is 1. The van der Waals surface area contributed by atoms with Crippen LogP contribution in [0.25, 0.3) is 0 Å². The third-order valence-corrected chi connectivity index (χ3v) is 3.37. The van der Waals surface area contributed by atoms with Crippen molar-refractivity contribution in [1.82, 2.24) is 9.55 Å². The molecule has 0 bridgehead atoms. The molecule has 106 valence electrons. The van der Waals surface area contributed by atoms with Gasteiger partial charge in [-0.05, 0) is 24.1 Å². The number of nitrogens with one attached hydrogen (secondary N) is 1. The van der Waals surface area contributed by atoms with E-state index < -0.39 is 11.9 Å². The Morgan fingerprint density at radius 3 is 2.60 bits per heavy atom. The Balaban J connectivity index is 1.85. The summed E-state index contributed by atoms with van der Waals surface area (Å²) < 4.78 is 39.4. The Kier molecular flexibility index (Phi) is 2.84. The van der Waals surface area contributed by atoms with Gasteiger partial charge in [-0.25, -0.2) is 4.98 Å². The molecule has 4 nitrogen and oxygen atoms in total. The number of imidazole rings is 1. The molecule has 7 heteroatoms. The molecule has 1 aromatic carbocycles. The van der Waals surface area contributed by atoms with Crippen LogP contribution in [-0.2, 0) is 12.7 Å². The number of aryl methyl sites for hydroxylation is 1. The molecule has 0 saturated heterocycles. The zero-order chi connectivity index (χ0) is 14.3. The van der Waals surface area contributed by atoms with Gasteiger partial charge in [0.25, 0.3) is 0 Å². The molecule has 2 aromatic rings. The summed E-state index contributed by atoms with van der Waals surface area (Å²) in [5.41, 5.74) is 6.40. The second-order valence-corrected chi connectivity index (χ2v) is 4.79. The van der Waals surface area contributed by atoms with Gasteiger partial charge in [-0.3, -0.25) is 0 Å². The first kappa shape index (κ1) is 12.8. The van der Waals surface area contributed by atoms with E-state index in [1.165, 1.54) is 4.57 Å². The standard InChI is InChI=1S/C13H13F3N4/c14-13(15,16)11-7-20-6-5-10(18-12(20)19-11)8-1-3-9(17)4-2-8/h1-4,7,10H,5-6,17H2,(H,18,19). The molecular formula is C13H13F3N4. The fraction of sp³-hybridized carbons (Fsp3) is 0.308. The molecular weight excluding hydrogens is 269 g/mol. The third kappa shape index (κ3) is 2.31. The first-order chi connectivity index (χ1) is 9.43. The van der Waals surface area contributed by atoms with Crippen LogP contribution in [0.3, 0.4) is 0 Å². The van der Waals surface area contributed by atoms with Crippen molar-refractivity contribution in [3.8, 4) is 0 Å². The van der Waals surface area contributed by atoms with Gasteiger partial charge in [0.05, 0.1) is 6.04 Å². The summed E-state index contributed by atoms with van der Waals surface area (Å²) in [4.78, 5) is 3.62. The molecule has 0 amide bonds. The van der Waals surface area contributed by atoms with Crippen molar-refractivity contribution in [3.05, 3.63) is 41.7 Å². The van der Waals surface area contributed by atoms with Crippen LogP contribution in [0.15, 0.2) is 30.5 Å². The summed E-state index contributed by atoms with van der Waals surface area (Å²) in [6.07, 6.45) is -2.67. The Morgan fingerprint density at radius 1 is 1.25 bits per heavy atom. The number of fused-ring (bicyclic) bond motifs is 1. The van der Waals surface area contributed by atoms with Crippen LogP contribution in [0.5, 0.6) is 0 Å². The van der Waals surface area contributed by atoms with Gasteiger partial charge in [0.1, 0.15) is 0 Å². The molecule has 0 fully saturated rings. The maximum absolute atomic E-state index is 12.6. The number of rotatable bonds is 1. The second kappa shape index (κ2) is 4.43. The Morgan fingerprint density at radius 2 is 1.95 bits per heavy atom. The zero-order valence-electron chi connectivity index (χ0n) is 10.5. The molecule has 0 saturated carbocycles. The summed E-state index contributed by atoms with van der Waals surface area (Å²) in [6, 6.07) is 7.25. The minimum absolute atomic E-state index is 0.0495. The number of hydrogen-bond acceptors (Lipinski definition) is 3. The Bertz CT molecular complexity index is 616. The lowest BCUT2D eigenvalue weighted by atomic mass is 10.0. The number of halogens is 3. The van der Waals surface area contributed by atoms with Crippen molar-refractivity contribution < 1.29 is 13.2 Å². The normalized spacial score (nSPS) is 18.4. The van der Waals surface area contributed by atoms with Crippen LogP contribution in [0.4, 0.5) is 24.8 Å². The number of hydrogen-bond donors (Lipinski definition) is 2. The van der Waals surface area contributed by atoms with E-state index in [0.717, 1.165) is 11.8 Å². The van der Waals surface area contributed by atoms with Gasteiger partial charge in [-0.2, -0.15) is 13.2 Å². The molecule has 3 N–H and O–H groups in total. The molecule has 1 aliphatic heterocycles. The lowest BCUT2D eigenvalue weighted by Gasteiger charge is -2.25. The molecule has 0 radical (unpaired) electrons. The summed E-state index contributed by atoms with van der Waals surface area (Å²) in [7, 11) is 0. The summed E-state index contributed by atoms with van der Waals surface area (Å²) in [5.74, 6) is 0.255. The quantitative estimate of drug-likeness (QED) is 0.790. The number of benzene rings is 1. The molecule has 2 heterocycles. The average Bonchev–Trinajstić information content (AvgIpc) is 2.82. The minimum Gasteiger partial charge on any atom is -0.399 e. The van der Waals surface area contributed by atoms with Crippen molar-refractivity contribution in [2.75, 3.05) is 11.1 Å². The SMILES string of the molecule is Nc1ccc(C2CCn3cc(C(F)(F)F)nc3N2)cc1. The van der Waals surface area contributed by atoms with E-state index in [0.29, 0.717) is 18.7 Å². The van der Waals surface area contributed by atoms with Crippen LogP contribution in [0.2, 0.25) is 0 Å². The topological polar surface area (TPSA) is 55.9 Å². The lowest BCUT2D eigenvalue weighted by molar-refractivity contribution is -0.140. The van der Waals surface area contributed by atoms with Crippen LogP contribution >= 0.6 is 0 Å². The first-order valence-corrected chi connectivity index (χ1v) is 6.20. The summed E-state index contributed by atoms with van der Waals surface area (Å²) >= 11 is 0. The maximum atomic E-state index is 12.6. The number of nitrogens with two attached hydrogens (primary N) is 1. The van der Waals surface area contributed by atoms with Gasteiger partial charge < -0.3 is 15.6 Å². The minimum atomic E-state index is -4.41. The second-order valence-electron chi connectivity index (χ2n) is 4.79. The highest BCUT2D eigenvalue weighted by Gasteiger charge is 2.35. The number of alkyl halides is 3. The van der Waals surface area contributed by atoms with E-state index in [4.69, 9.17) is 5.73 Å². The van der Waals surface area contributed by atoms with Crippen LogP contribution < -0.4 is 11.1 Å². The van der Waals surface area contributed by atoms with Crippen LogP contribution in [0, 0.1) is 0 Å². The predicted molar refractivity (Wildman–Crippen MR) is 69.1 cm³/mol. The van der Waals surface area contributed by atoms with Gasteiger partial charge in [0, 0.05) is 18.4 Å². The lowest BCUT2D eigenvalue weighted by Crippen LogP contribution is -2.21. The highest BCUT2D eigenvalue weighted by atomic mass is 19.4. The third-order valence-electron chi connectivity index (χ3n) is 3.37. The average molecular weight is 282 g/mol. The van der Waals surface area contributed by atoms with E-state index in [-0.39, 0.29) is 12.0 Å². The summed E-state index contributed by atoms with van der Waals surface area (Å²) in [6.45, 7) is 0.500. The molecule has 0 aliphatic carbocycles. The largest absolute Gasteiger partial charge is 0.434 e. The van der Waals surface area contributed by atoms with E-state index in [2.05, 4.69) is 10.3 Å². The highest BCUT2D eigenvalue weighted by molar-refractivity contribution is 5.43. The number of nitrogens with zero attached hydrogens (tertiary/aromatic N) is 2. The Hall–Kier alpha value is -2.18. The smallest absolute Gasteiger partial charge is 0.399 e. The molecule has 0 spiro atoms. The van der Waals surface area contributed by atoms with Crippen LogP contribution in [-0.4, -0.2) is 9.55 Å². The Labute approximate surface area is 113 Å². The van der Waals surface area contributed by atoms with E-state index in [9.17, 15) is 13.2 Å². The van der Waals surface area contributed by atoms with Crippen molar-refractivity contribution in [3.63, 3.8) is 0 Å².